The molecule has 5 heteroatoms. The summed E-state index contributed by atoms with van der Waals surface area (Å²) in [7, 11) is 0. The molecule has 1 saturated heterocycles. The number of aliphatic hydroxyl groups is 1. The number of carbonyl (C=O) groups excluding carboxylic acids is 1. The Hall–Kier alpha value is -0.810. The van der Waals surface area contributed by atoms with Crippen LogP contribution in [0.1, 0.15) is 54.4 Å². The molecular weight excluding hydrogens is 280 g/mol. The van der Waals surface area contributed by atoms with Crippen LogP contribution in [0.5, 0.6) is 0 Å². The van der Waals surface area contributed by atoms with E-state index in [9.17, 15) is 9.90 Å². The second-order valence-corrected chi connectivity index (χ2v) is 8.48. The van der Waals surface area contributed by atoms with Gasteiger partial charge in [-0.15, -0.1) is 0 Å². The quantitative estimate of drug-likeness (QED) is 0.840. The second kappa shape index (κ2) is 6.00. The predicted molar refractivity (Wildman–Crippen MR) is 86.7 cm³/mol. The SMILES string of the molecule is C[C@H](O)CNC1[C@@H]2CCCN(C(=O)OC(C)(C)C)[C@@H]2C1(C)C. The average Bonchev–Trinajstić information content (AvgIpc) is 2.35. The Morgan fingerprint density at radius 1 is 1.45 bits per heavy atom. The number of nitrogens with one attached hydrogen (secondary N) is 1. The van der Waals surface area contributed by atoms with Crippen LogP contribution in [0.3, 0.4) is 0 Å². The Kier molecular flexibility index (Phi) is 4.79. The van der Waals surface area contributed by atoms with Gasteiger partial charge in [-0.3, -0.25) is 0 Å². The van der Waals surface area contributed by atoms with Crippen molar-refractivity contribution in [3.63, 3.8) is 0 Å². The van der Waals surface area contributed by atoms with Gasteiger partial charge in [0.15, 0.2) is 0 Å². The lowest BCUT2D eigenvalue weighted by Crippen LogP contribution is -2.75. The second-order valence-electron chi connectivity index (χ2n) is 8.48. The number of hydrogen-bond acceptors (Lipinski definition) is 4. The molecule has 22 heavy (non-hydrogen) atoms. The van der Waals surface area contributed by atoms with Crippen molar-refractivity contribution >= 4 is 6.09 Å². The Balaban J connectivity index is 2.07. The summed E-state index contributed by atoms with van der Waals surface area (Å²) in [6.07, 6.45) is 1.61. The molecule has 2 fully saturated rings. The number of aliphatic hydroxyl groups excluding tert-OH is 1. The van der Waals surface area contributed by atoms with Crippen LogP contribution in [0.25, 0.3) is 0 Å². The zero-order chi connectivity index (χ0) is 16.7. The van der Waals surface area contributed by atoms with Crippen molar-refractivity contribution < 1.29 is 14.6 Å². The molecule has 0 aromatic carbocycles. The highest BCUT2D eigenvalue weighted by Gasteiger charge is 2.60. The van der Waals surface area contributed by atoms with Crippen LogP contribution in [0.4, 0.5) is 4.79 Å². The molecule has 5 nitrogen and oxygen atoms in total. The van der Waals surface area contributed by atoms with Gasteiger partial charge in [0.25, 0.3) is 0 Å². The normalized spacial score (nSPS) is 32.0. The molecule has 1 unspecified atom stereocenters. The van der Waals surface area contributed by atoms with E-state index in [0.717, 1.165) is 19.4 Å². The van der Waals surface area contributed by atoms with Gasteiger partial charge in [0.05, 0.1) is 6.10 Å². The maximum atomic E-state index is 12.5. The molecule has 128 valence electrons. The maximum absolute atomic E-state index is 12.5. The lowest BCUT2D eigenvalue weighted by molar-refractivity contribution is -0.120. The molecule has 0 aromatic heterocycles. The van der Waals surface area contributed by atoms with E-state index in [2.05, 4.69) is 19.2 Å². The van der Waals surface area contributed by atoms with Crippen LogP contribution in [0.2, 0.25) is 0 Å². The summed E-state index contributed by atoms with van der Waals surface area (Å²) in [6, 6.07) is 0.569. The van der Waals surface area contributed by atoms with Gasteiger partial charge in [-0.2, -0.15) is 0 Å². The third-order valence-electron chi connectivity index (χ3n) is 4.93. The zero-order valence-corrected chi connectivity index (χ0v) is 14.8. The van der Waals surface area contributed by atoms with Gasteiger partial charge in [-0.1, -0.05) is 13.8 Å². The minimum absolute atomic E-state index is 0.00309. The van der Waals surface area contributed by atoms with Crippen molar-refractivity contribution in [3.8, 4) is 0 Å². The summed E-state index contributed by atoms with van der Waals surface area (Å²) in [5, 5.41) is 13.0. The maximum Gasteiger partial charge on any atom is 0.410 e. The number of nitrogens with zero attached hydrogens (tertiary/aromatic N) is 1. The van der Waals surface area contributed by atoms with Gasteiger partial charge in [0, 0.05) is 30.6 Å². The van der Waals surface area contributed by atoms with Crippen LogP contribution in [-0.2, 0) is 4.74 Å². The van der Waals surface area contributed by atoms with Crippen LogP contribution >= 0.6 is 0 Å². The molecule has 0 bridgehead atoms. The molecule has 1 aliphatic heterocycles. The smallest absolute Gasteiger partial charge is 0.410 e. The van der Waals surface area contributed by atoms with E-state index >= 15 is 0 Å². The minimum Gasteiger partial charge on any atom is -0.444 e. The van der Waals surface area contributed by atoms with E-state index in [1.54, 1.807) is 6.92 Å². The summed E-state index contributed by atoms with van der Waals surface area (Å²) in [5.41, 5.74) is -0.460. The first-order chi connectivity index (χ1) is 10.0. The molecule has 1 heterocycles. The van der Waals surface area contributed by atoms with E-state index in [0.29, 0.717) is 18.5 Å². The number of ether oxygens (including phenoxy) is 1. The van der Waals surface area contributed by atoms with Gasteiger partial charge < -0.3 is 20.1 Å². The lowest BCUT2D eigenvalue weighted by atomic mass is 9.52. The van der Waals surface area contributed by atoms with Crippen LogP contribution in [0, 0.1) is 11.3 Å². The molecule has 4 atom stereocenters. The fraction of sp³-hybridized carbons (Fsp3) is 0.941. The van der Waals surface area contributed by atoms with Crippen LogP contribution in [-0.4, -0.2) is 53.0 Å². The number of amides is 1. The van der Waals surface area contributed by atoms with E-state index < -0.39 is 5.60 Å². The van der Waals surface area contributed by atoms with Gasteiger partial charge in [0.2, 0.25) is 0 Å². The number of fused-ring (bicyclic) bond motifs is 1. The number of likely N-dealkylation sites (tertiary alicyclic amines) is 1. The zero-order valence-electron chi connectivity index (χ0n) is 14.8. The van der Waals surface area contributed by atoms with Gasteiger partial charge in [-0.25, -0.2) is 4.79 Å². The number of carbonyl (C=O) groups is 1. The highest BCUT2D eigenvalue weighted by Crippen LogP contribution is 2.52. The third-order valence-corrected chi connectivity index (χ3v) is 4.93. The number of piperidine rings is 1. The van der Waals surface area contributed by atoms with Crippen LogP contribution in [0.15, 0.2) is 0 Å². The van der Waals surface area contributed by atoms with Gasteiger partial charge in [-0.05, 0) is 46.5 Å². The topological polar surface area (TPSA) is 61.8 Å². The highest BCUT2D eigenvalue weighted by molar-refractivity contribution is 5.69. The molecule has 1 amide bonds. The average molecular weight is 312 g/mol. The van der Waals surface area contributed by atoms with E-state index in [-0.39, 0.29) is 23.7 Å². The third kappa shape index (κ3) is 3.40. The van der Waals surface area contributed by atoms with Gasteiger partial charge >= 0.3 is 6.09 Å². The predicted octanol–water partition coefficient (Wildman–Crippen LogP) is 2.38. The number of hydrogen-bond donors (Lipinski definition) is 2. The van der Waals surface area contributed by atoms with Crippen molar-refractivity contribution in [3.05, 3.63) is 0 Å². The molecule has 0 radical (unpaired) electrons. The fourth-order valence-corrected chi connectivity index (χ4v) is 4.18. The summed E-state index contributed by atoms with van der Waals surface area (Å²) in [5.74, 6) is 0.454. The Morgan fingerprint density at radius 2 is 2.09 bits per heavy atom. The summed E-state index contributed by atoms with van der Waals surface area (Å²) in [6.45, 7) is 13.3. The molecule has 2 rings (SSSR count). The van der Waals surface area contributed by atoms with Crippen molar-refractivity contribution in [1.82, 2.24) is 10.2 Å². The number of rotatable bonds is 3. The van der Waals surface area contributed by atoms with E-state index in [1.165, 1.54) is 0 Å². The highest BCUT2D eigenvalue weighted by atomic mass is 16.6. The molecule has 1 aliphatic carbocycles. The molecule has 0 aromatic rings. The summed E-state index contributed by atoms with van der Waals surface area (Å²) >= 11 is 0. The molecule has 2 aliphatic rings. The largest absolute Gasteiger partial charge is 0.444 e. The Morgan fingerprint density at radius 3 is 2.64 bits per heavy atom. The summed E-state index contributed by atoms with van der Waals surface area (Å²) in [4.78, 5) is 14.4. The van der Waals surface area contributed by atoms with E-state index in [4.69, 9.17) is 4.74 Å². The fourth-order valence-electron chi connectivity index (χ4n) is 4.18. The molecule has 1 saturated carbocycles. The van der Waals surface area contributed by atoms with Crippen LogP contribution < -0.4 is 5.32 Å². The molecular formula is C17H32N2O3. The van der Waals surface area contributed by atoms with Crippen molar-refractivity contribution in [2.75, 3.05) is 13.1 Å². The van der Waals surface area contributed by atoms with Gasteiger partial charge in [0.1, 0.15) is 5.60 Å². The van der Waals surface area contributed by atoms with Crippen molar-refractivity contribution in [2.24, 2.45) is 11.3 Å². The molecule has 0 spiro atoms. The first-order valence-corrected chi connectivity index (χ1v) is 8.45. The first-order valence-electron chi connectivity index (χ1n) is 8.45. The lowest BCUT2D eigenvalue weighted by Gasteiger charge is -2.64. The minimum atomic E-state index is -0.456. The monoisotopic (exact) mass is 312 g/mol. The molecule has 2 N–H and O–H groups in total. The Bertz CT molecular complexity index is 415. The van der Waals surface area contributed by atoms with Crippen molar-refractivity contribution in [1.29, 1.82) is 0 Å². The first kappa shape index (κ1) is 17.5. The van der Waals surface area contributed by atoms with Crippen molar-refractivity contribution in [2.45, 2.75) is 78.2 Å². The Labute approximate surface area is 134 Å². The summed E-state index contributed by atoms with van der Waals surface area (Å²) < 4.78 is 5.58. The van der Waals surface area contributed by atoms with E-state index in [1.807, 2.05) is 25.7 Å². The standard InChI is InChI=1S/C17H32N2O3/c1-11(20)10-18-13-12-8-7-9-19(14(12)17(13,5)6)15(21)22-16(2,3)4/h11-14,18,20H,7-10H2,1-6H3/t11-,12-,13?,14-/m0/s1.